The molecule has 0 aliphatic heterocycles. The van der Waals surface area contributed by atoms with Crippen molar-refractivity contribution in [3.8, 4) is 22.9 Å². The highest BCUT2D eigenvalue weighted by atomic mass is 32.1. The molecule has 2 aromatic heterocycles. The first-order valence-electron chi connectivity index (χ1n) is 10.9. The van der Waals surface area contributed by atoms with Gasteiger partial charge < -0.3 is 0 Å². The van der Waals surface area contributed by atoms with E-state index in [4.69, 9.17) is 0 Å². The zero-order chi connectivity index (χ0) is 22.7. The van der Waals surface area contributed by atoms with Gasteiger partial charge in [-0.3, -0.25) is 0 Å². The zero-order valence-corrected chi connectivity index (χ0v) is 23.1. The highest BCUT2D eigenvalue weighted by molar-refractivity contribution is 7.17. The summed E-state index contributed by atoms with van der Waals surface area (Å²) in [5, 5.41) is 11.9. The topological polar surface area (TPSA) is 0 Å². The van der Waals surface area contributed by atoms with E-state index < -0.39 is 16.1 Å². The Morgan fingerprint density at radius 3 is 1.31 bits per heavy atom. The monoisotopic (exact) mass is 482 g/mol. The Labute approximate surface area is 200 Å². The quantitative estimate of drug-likeness (QED) is 0.117. The van der Waals surface area contributed by atoms with Crippen LogP contribution >= 0.6 is 22.7 Å². The van der Waals surface area contributed by atoms with E-state index in [1.807, 2.05) is 0 Å². The van der Waals surface area contributed by atoms with Crippen molar-refractivity contribution in [2.75, 3.05) is 0 Å². The lowest BCUT2D eigenvalue weighted by Crippen LogP contribution is -2.16. The molecule has 3 aromatic carbocycles. The van der Waals surface area contributed by atoms with Crippen molar-refractivity contribution >= 4 is 80.5 Å². The molecule has 0 nitrogen and oxygen atoms in total. The van der Waals surface area contributed by atoms with Crippen molar-refractivity contribution in [1.29, 1.82) is 0 Å². The van der Waals surface area contributed by atoms with Crippen LogP contribution in [0.1, 0.15) is 11.1 Å². The van der Waals surface area contributed by atoms with E-state index in [0.29, 0.717) is 0 Å². The molecular weight excluding hydrogens is 457 g/mol. The third kappa shape index (κ3) is 4.05. The van der Waals surface area contributed by atoms with Gasteiger partial charge in [0.2, 0.25) is 0 Å². The minimum atomic E-state index is -1.53. The summed E-state index contributed by atoms with van der Waals surface area (Å²) in [4.78, 5) is 0. The van der Waals surface area contributed by atoms with E-state index in [1.54, 1.807) is 22.7 Å². The molecule has 0 aliphatic rings. The van der Waals surface area contributed by atoms with Gasteiger partial charge in [0.15, 0.2) is 0 Å². The lowest BCUT2D eigenvalue weighted by molar-refractivity contribution is 1.77. The standard InChI is InChI=1S/C28H26S2Si2/c1-31(2,3)13-9-21-23-15-19-7-11-29-27(19)17-25(23)22(10-14-32(4,5)6)26-18-28-20(8-12-30-28)16-24(21)26/h7-8,11-12,15-18H,1-6H3. The average Bonchev–Trinajstić information content (AvgIpc) is 3.34. The van der Waals surface area contributed by atoms with Crippen molar-refractivity contribution in [2.45, 2.75) is 39.3 Å². The van der Waals surface area contributed by atoms with Crippen molar-refractivity contribution in [2.24, 2.45) is 0 Å². The second-order valence-electron chi connectivity index (χ2n) is 10.5. The van der Waals surface area contributed by atoms with Gasteiger partial charge in [-0.2, -0.15) is 0 Å². The van der Waals surface area contributed by atoms with Crippen molar-refractivity contribution in [3.05, 3.63) is 58.3 Å². The maximum atomic E-state index is 3.67. The molecule has 32 heavy (non-hydrogen) atoms. The first-order chi connectivity index (χ1) is 15.1. The Balaban J connectivity index is 2.03. The highest BCUT2D eigenvalue weighted by Crippen LogP contribution is 2.39. The lowest BCUT2D eigenvalue weighted by atomic mass is 9.91. The Morgan fingerprint density at radius 2 is 0.938 bits per heavy atom. The molecule has 0 unspecified atom stereocenters. The van der Waals surface area contributed by atoms with Crippen LogP contribution in [0.5, 0.6) is 0 Å². The highest BCUT2D eigenvalue weighted by Gasteiger charge is 2.17. The molecule has 0 saturated carbocycles. The van der Waals surface area contributed by atoms with Gasteiger partial charge in [0.25, 0.3) is 0 Å². The maximum absolute atomic E-state index is 3.67. The number of hydrogen-bond donors (Lipinski definition) is 0. The fraction of sp³-hybridized carbons (Fsp3) is 0.214. The number of hydrogen-bond acceptors (Lipinski definition) is 2. The minimum Gasteiger partial charge on any atom is -0.144 e. The van der Waals surface area contributed by atoms with Crippen LogP contribution in [0.2, 0.25) is 39.3 Å². The first kappa shape index (κ1) is 21.5. The number of rotatable bonds is 0. The van der Waals surface area contributed by atoms with E-state index in [9.17, 15) is 0 Å². The van der Waals surface area contributed by atoms with Gasteiger partial charge >= 0.3 is 0 Å². The lowest BCUT2D eigenvalue weighted by Gasteiger charge is -2.13. The van der Waals surface area contributed by atoms with E-state index in [1.165, 1.54) is 47.3 Å². The molecule has 0 aliphatic carbocycles. The van der Waals surface area contributed by atoms with Crippen LogP contribution in [-0.4, -0.2) is 16.1 Å². The van der Waals surface area contributed by atoms with Crippen molar-refractivity contribution in [3.63, 3.8) is 0 Å². The maximum Gasteiger partial charge on any atom is 0.129 e. The van der Waals surface area contributed by atoms with Crippen LogP contribution in [0.4, 0.5) is 0 Å². The predicted molar refractivity (Wildman–Crippen MR) is 153 cm³/mol. The molecule has 0 saturated heterocycles. The molecule has 0 amide bonds. The molecule has 0 radical (unpaired) electrons. The van der Waals surface area contributed by atoms with Gasteiger partial charge in [-0.25, -0.2) is 0 Å². The van der Waals surface area contributed by atoms with Crippen molar-refractivity contribution < 1.29 is 0 Å². The molecule has 5 aromatic rings. The third-order valence-electron chi connectivity index (χ3n) is 5.39. The molecule has 0 spiro atoms. The summed E-state index contributed by atoms with van der Waals surface area (Å²) >= 11 is 3.60. The average molecular weight is 483 g/mol. The van der Waals surface area contributed by atoms with Crippen LogP contribution in [0.15, 0.2) is 47.2 Å². The minimum absolute atomic E-state index is 1.16. The summed E-state index contributed by atoms with van der Waals surface area (Å²) in [5.74, 6) is 7.33. The molecular formula is C28H26S2Si2. The van der Waals surface area contributed by atoms with Gasteiger partial charge in [0, 0.05) is 31.3 Å². The predicted octanol–water partition coefficient (Wildman–Crippen LogP) is 8.88. The van der Waals surface area contributed by atoms with E-state index in [2.05, 4.69) is 109 Å². The Morgan fingerprint density at radius 1 is 0.562 bits per heavy atom. The number of fused-ring (bicyclic) bond motifs is 4. The third-order valence-corrected chi connectivity index (χ3v) is 8.90. The SMILES string of the molecule is C[Si](C)(C)C#Cc1c2cc3ccsc3cc2c(C#C[Si](C)(C)C)c2cc3sccc3cc12. The fourth-order valence-corrected chi connectivity index (χ4v) is 6.53. The van der Waals surface area contributed by atoms with Crippen LogP contribution < -0.4 is 0 Å². The van der Waals surface area contributed by atoms with Crippen LogP contribution in [0, 0.1) is 22.9 Å². The second kappa shape index (κ2) is 7.61. The molecule has 5 rings (SSSR count). The van der Waals surface area contributed by atoms with E-state index in [0.717, 1.165) is 5.56 Å². The molecule has 4 heteroatoms. The van der Waals surface area contributed by atoms with Crippen LogP contribution in [0.25, 0.3) is 41.7 Å². The van der Waals surface area contributed by atoms with Crippen LogP contribution in [-0.2, 0) is 0 Å². The summed E-state index contributed by atoms with van der Waals surface area (Å²) in [6.07, 6.45) is 0. The second-order valence-corrected chi connectivity index (χ2v) is 21.9. The summed E-state index contributed by atoms with van der Waals surface area (Å²) in [6, 6.07) is 13.8. The first-order valence-corrected chi connectivity index (χ1v) is 19.7. The molecule has 0 N–H and O–H groups in total. The van der Waals surface area contributed by atoms with E-state index in [-0.39, 0.29) is 0 Å². The van der Waals surface area contributed by atoms with E-state index >= 15 is 0 Å². The van der Waals surface area contributed by atoms with Gasteiger partial charge in [0.1, 0.15) is 16.1 Å². The number of benzene rings is 3. The van der Waals surface area contributed by atoms with Gasteiger partial charge in [-0.05, 0) is 68.7 Å². The Bertz CT molecular complexity index is 1440. The Kier molecular flexibility index (Phi) is 5.11. The summed E-state index contributed by atoms with van der Waals surface area (Å²) in [7, 11) is -3.06. The molecule has 158 valence electrons. The number of thiophene rings is 2. The Hall–Kier alpha value is -2.35. The van der Waals surface area contributed by atoms with Crippen LogP contribution in [0.3, 0.4) is 0 Å². The summed E-state index contributed by atoms with van der Waals surface area (Å²) < 4.78 is 2.63. The van der Waals surface area contributed by atoms with Crippen molar-refractivity contribution in [1.82, 2.24) is 0 Å². The molecule has 2 heterocycles. The fourth-order valence-electron chi connectivity index (χ4n) is 3.91. The molecule has 0 fully saturated rings. The summed E-state index contributed by atoms with van der Waals surface area (Å²) in [5.41, 5.74) is 9.63. The summed E-state index contributed by atoms with van der Waals surface area (Å²) in [6.45, 7) is 13.9. The normalized spacial score (nSPS) is 12.2. The zero-order valence-electron chi connectivity index (χ0n) is 19.4. The van der Waals surface area contributed by atoms with Gasteiger partial charge in [-0.1, -0.05) is 51.1 Å². The molecule has 0 atom stereocenters. The van der Waals surface area contributed by atoms with Gasteiger partial charge in [-0.15, -0.1) is 33.8 Å². The smallest absolute Gasteiger partial charge is 0.129 e. The molecule has 0 bridgehead atoms. The largest absolute Gasteiger partial charge is 0.144 e. The van der Waals surface area contributed by atoms with Gasteiger partial charge in [0.05, 0.1) is 0 Å².